The number of aryl methyl sites for hydroxylation is 1. The molecule has 0 aliphatic rings. The molecule has 0 fully saturated rings. The maximum atomic E-state index is 12.3. The minimum Gasteiger partial charge on any atom is -0.465 e. The summed E-state index contributed by atoms with van der Waals surface area (Å²) in [5.74, 6) is 1.70. The van der Waals surface area contributed by atoms with Crippen LogP contribution in [0.25, 0.3) is 32.3 Å². The van der Waals surface area contributed by atoms with Crippen molar-refractivity contribution in [3.8, 4) is 6.07 Å². The Hall–Kier alpha value is -2.16. The molecule has 0 heterocycles. The third-order valence-electron chi connectivity index (χ3n) is 7.00. The number of hydrogen-bond donors (Lipinski definition) is 0. The first-order valence-corrected chi connectivity index (χ1v) is 19.0. The number of carbonyl (C=O) groups excluding carboxylic acids is 2. The highest BCUT2D eigenvalue weighted by atomic mass is 33.1. The number of carbonyl (C=O) groups is 2. The molecule has 43 heavy (non-hydrogen) atoms. The molecule has 0 aliphatic heterocycles. The van der Waals surface area contributed by atoms with Crippen molar-refractivity contribution in [2.24, 2.45) is 0 Å². The lowest BCUT2D eigenvalue weighted by atomic mass is 9.90. The van der Waals surface area contributed by atoms with E-state index in [1.165, 1.54) is 61.4 Å². The van der Waals surface area contributed by atoms with Crippen LogP contribution in [0, 0.1) is 11.3 Å². The van der Waals surface area contributed by atoms with E-state index in [9.17, 15) is 14.9 Å². The Morgan fingerprint density at radius 2 is 1.49 bits per heavy atom. The molecule has 4 aromatic carbocycles. The number of esters is 2. The summed E-state index contributed by atoms with van der Waals surface area (Å²) in [6.07, 6.45) is 2.53. The van der Waals surface area contributed by atoms with Crippen LogP contribution < -0.4 is 0 Å². The second-order valence-corrected chi connectivity index (χ2v) is 16.8. The van der Waals surface area contributed by atoms with Crippen LogP contribution in [-0.4, -0.2) is 50.7 Å². The number of nitrogens with zero attached hydrogens (tertiary/aromatic N) is 1. The number of benzene rings is 4. The summed E-state index contributed by atoms with van der Waals surface area (Å²) in [5, 5.41) is 17.1. The Morgan fingerprint density at radius 1 is 0.884 bits per heavy atom. The number of thiocarbonyl (C=S) groups is 1. The number of thioether (sulfide) groups is 2. The topological polar surface area (TPSA) is 76.4 Å². The van der Waals surface area contributed by atoms with E-state index in [0.717, 1.165) is 22.1 Å². The molecule has 226 valence electrons. The highest BCUT2D eigenvalue weighted by molar-refractivity contribution is 8.76. The van der Waals surface area contributed by atoms with Gasteiger partial charge in [0.2, 0.25) is 0 Å². The van der Waals surface area contributed by atoms with Crippen molar-refractivity contribution in [2.45, 2.75) is 50.7 Å². The SMILES string of the molecule is CCSC(=S)SC(C)(C#N)CCC(=O)OCCSSCCOC(=O)CCCc1ccc2ccc3cccc4ccc1c2c34. The fraction of sp³-hybridized carbons (Fsp3) is 0.394. The van der Waals surface area contributed by atoms with Crippen molar-refractivity contribution in [1.29, 1.82) is 5.26 Å². The minimum absolute atomic E-state index is 0.172. The molecule has 4 rings (SSSR count). The van der Waals surface area contributed by atoms with Crippen LogP contribution >= 0.6 is 57.3 Å². The lowest BCUT2D eigenvalue weighted by Crippen LogP contribution is -2.21. The van der Waals surface area contributed by atoms with Gasteiger partial charge in [0.05, 0.1) is 6.07 Å². The molecule has 4 aromatic rings. The predicted molar refractivity (Wildman–Crippen MR) is 191 cm³/mol. The maximum absolute atomic E-state index is 12.3. The van der Waals surface area contributed by atoms with E-state index in [1.807, 2.05) is 6.92 Å². The summed E-state index contributed by atoms with van der Waals surface area (Å²) in [6, 6.07) is 21.8. The molecular formula is C33H35NO4S5. The normalized spacial score (nSPS) is 12.8. The van der Waals surface area contributed by atoms with Gasteiger partial charge in [-0.1, -0.05) is 107 Å². The molecule has 0 saturated carbocycles. The van der Waals surface area contributed by atoms with Crippen LogP contribution in [0.15, 0.2) is 54.6 Å². The van der Waals surface area contributed by atoms with Crippen molar-refractivity contribution in [2.75, 3.05) is 30.5 Å². The summed E-state index contributed by atoms with van der Waals surface area (Å²) in [4.78, 5) is 24.4. The summed E-state index contributed by atoms with van der Waals surface area (Å²) < 4.78 is 10.7. The summed E-state index contributed by atoms with van der Waals surface area (Å²) in [7, 11) is 3.17. The van der Waals surface area contributed by atoms with Gasteiger partial charge in [-0.3, -0.25) is 9.59 Å². The smallest absolute Gasteiger partial charge is 0.305 e. The number of nitriles is 1. The minimum atomic E-state index is -0.732. The van der Waals surface area contributed by atoms with E-state index < -0.39 is 4.75 Å². The van der Waals surface area contributed by atoms with Crippen molar-refractivity contribution >= 4 is 105 Å². The van der Waals surface area contributed by atoms with E-state index in [2.05, 4.69) is 60.7 Å². The van der Waals surface area contributed by atoms with Crippen molar-refractivity contribution in [1.82, 2.24) is 0 Å². The first kappa shape index (κ1) is 33.7. The van der Waals surface area contributed by atoms with Gasteiger partial charge in [0, 0.05) is 24.3 Å². The van der Waals surface area contributed by atoms with Crippen LogP contribution in [0.3, 0.4) is 0 Å². The second kappa shape index (κ2) is 16.8. The van der Waals surface area contributed by atoms with Gasteiger partial charge in [-0.2, -0.15) is 5.26 Å². The van der Waals surface area contributed by atoms with Gasteiger partial charge in [0.1, 0.15) is 21.5 Å². The monoisotopic (exact) mass is 669 g/mol. The summed E-state index contributed by atoms with van der Waals surface area (Å²) >= 11 is 8.16. The second-order valence-electron chi connectivity index (χ2n) is 10.1. The van der Waals surface area contributed by atoms with Crippen LogP contribution in [0.5, 0.6) is 0 Å². The molecule has 1 unspecified atom stereocenters. The predicted octanol–water partition coefficient (Wildman–Crippen LogP) is 9.21. The molecule has 0 bridgehead atoms. The average molecular weight is 670 g/mol. The van der Waals surface area contributed by atoms with Gasteiger partial charge in [-0.25, -0.2) is 0 Å². The van der Waals surface area contributed by atoms with Gasteiger partial charge in [0.15, 0.2) is 0 Å². The molecule has 0 amide bonds. The quantitative estimate of drug-likeness (QED) is 0.0379. The van der Waals surface area contributed by atoms with Crippen LogP contribution in [-0.2, 0) is 25.5 Å². The standard InChI is InChI=1S/C33H35NO4S5/c1-3-40-32(39)43-33(2,22-34)17-16-29(36)38-19-21-42-41-20-18-37-28(35)9-5-6-23-10-11-26-13-12-24-7-4-8-25-14-15-27(23)31(26)30(24)25/h4,7-8,10-15H,3,5-6,9,16-21H2,1-2H3. The van der Waals surface area contributed by atoms with Gasteiger partial charge in [-0.15, -0.1) is 11.8 Å². The fourth-order valence-corrected chi connectivity index (χ4v) is 9.43. The fourth-order valence-electron chi connectivity index (χ4n) is 4.88. The third kappa shape index (κ3) is 9.66. The Kier molecular flexibility index (Phi) is 13.2. The van der Waals surface area contributed by atoms with Crippen LogP contribution in [0.2, 0.25) is 0 Å². The van der Waals surface area contributed by atoms with E-state index in [1.54, 1.807) is 28.5 Å². The Balaban J connectivity index is 1.07. The molecule has 0 saturated heterocycles. The number of hydrogen-bond acceptors (Lipinski definition) is 10. The zero-order chi connectivity index (χ0) is 30.7. The van der Waals surface area contributed by atoms with Gasteiger partial charge in [0.25, 0.3) is 0 Å². The van der Waals surface area contributed by atoms with E-state index in [4.69, 9.17) is 21.7 Å². The Morgan fingerprint density at radius 3 is 2.14 bits per heavy atom. The van der Waals surface area contributed by atoms with E-state index in [0.29, 0.717) is 37.6 Å². The van der Waals surface area contributed by atoms with Crippen molar-refractivity contribution in [3.63, 3.8) is 0 Å². The zero-order valence-electron chi connectivity index (χ0n) is 24.4. The lowest BCUT2D eigenvalue weighted by molar-refractivity contribution is -0.144. The molecule has 0 N–H and O–H groups in total. The van der Waals surface area contributed by atoms with E-state index in [-0.39, 0.29) is 18.4 Å². The molecule has 5 nitrogen and oxygen atoms in total. The van der Waals surface area contributed by atoms with Gasteiger partial charge >= 0.3 is 11.9 Å². The molecule has 0 radical (unpaired) electrons. The Labute approximate surface area is 275 Å². The van der Waals surface area contributed by atoms with E-state index >= 15 is 0 Å². The zero-order valence-corrected chi connectivity index (χ0v) is 28.5. The number of rotatable bonds is 16. The number of ether oxygens (including phenoxy) is 2. The highest BCUT2D eigenvalue weighted by Crippen LogP contribution is 2.37. The Bertz CT molecular complexity index is 1590. The van der Waals surface area contributed by atoms with Gasteiger partial charge < -0.3 is 9.47 Å². The highest BCUT2D eigenvalue weighted by Gasteiger charge is 2.28. The first-order valence-electron chi connectivity index (χ1n) is 14.3. The summed E-state index contributed by atoms with van der Waals surface area (Å²) in [6.45, 7) is 4.48. The maximum Gasteiger partial charge on any atom is 0.305 e. The molecule has 0 aromatic heterocycles. The lowest BCUT2D eigenvalue weighted by Gasteiger charge is -2.20. The summed E-state index contributed by atoms with van der Waals surface area (Å²) in [5.41, 5.74) is 1.26. The molecule has 0 aliphatic carbocycles. The van der Waals surface area contributed by atoms with Crippen molar-refractivity contribution < 1.29 is 19.1 Å². The van der Waals surface area contributed by atoms with Crippen LogP contribution in [0.4, 0.5) is 0 Å². The van der Waals surface area contributed by atoms with Crippen molar-refractivity contribution in [3.05, 3.63) is 60.2 Å². The van der Waals surface area contributed by atoms with Gasteiger partial charge in [-0.05, 0) is 69.8 Å². The molecule has 1 atom stereocenters. The largest absolute Gasteiger partial charge is 0.465 e. The first-order chi connectivity index (χ1) is 20.8. The molecule has 10 heteroatoms. The molecule has 0 spiro atoms. The molecular weight excluding hydrogens is 635 g/mol. The third-order valence-corrected chi connectivity index (χ3v) is 12.0. The average Bonchev–Trinajstić information content (AvgIpc) is 3.00. The van der Waals surface area contributed by atoms with Crippen LogP contribution in [0.1, 0.15) is 45.1 Å².